The van der Waals surface area contributed by atoms with Crippen LogP contribution in [0.2, 0.25) is 5.02 Å². The molecule has 7 nitrogen and oxygen atoms in total. The fourth-order valence-electron chi connectivity index (χ4n) is 6.11. The molecule has 1 atom stereocenters. The first-order valence-corrected chi connectivity index (χ1v) is 17.9. The molecule has 0 unspecified atom stereocenters. The van der Waals surface area contributed by atoms with Crippen LogP contribution in [0.15, 0.2) is 102 Å². The van der Waals surface area contributed by atoms with Gasteiger partial charge in [-0.2, -0.15) is 0 Å². The summed E-state index contributed by atoms with van der Waals surface area (Å²) < 4.78 is 29.9. The van der Waals surface area contributed by atoms with E-state index >= 15 is 0 Å². The molecule has 2 amide bonds. The number of sulfonamides is 1. The molecule has 5 rings (SSSR count). The number of nitrogens with zero attached hydrogens (tertiary/aromatic N) is 2. The third-order valence-corrected chi connectivity index (χ3v) is 11.0. The summed E-state index contributed by atoms with van der Waals surface area (Å²) in [6.07, 6.45) is 4.13. The van der Waals surface area contributed by atoms with E-state index in [2.05, 4.69) is 5.32 Å². The summed E-state index contributed by atoms with van der Waals surface area (Å²) in [6.45, 7) is 5.22. The number of carbonyl (C=O) groups excluding carboxylic acids is 2. The molecule has 0 aliphatic heterocycles. The Kier molecular flexibility index (Phi) is 11.0. The van der Waals surface area contributed by atoms with Gasteiger partial charge in [-0.25, -0.2) is 8.42 Å². The van der Waals surface area contributed by atoms with Gasteiger partial charge in [-0.05, 0) is 86.2 Å². The Morgan fingerprint density at radius 3 is 2.19 bits per heavy atom. The number of hydrogen-bond acceptors (Lipinski definition) is 4. The Labute approximate surface area is 283 Å². The molecule has 0 spiro atoms. The molecule has 1 aliphatic rings. The summed E-state index contributed by atoms with van der Waals surface area (Å²) in [5.74, 6) is -0.750. The maximum Gasteiger partial charge on any atom is 0.264 e. The molecule has 1 aliphatic carbocycles. The lowest BCUT2D eigenvalue weighted by Gasteiger charge is -2.34. The summed E-state index contributed by atoms with van der Waals surface area (Å²) in [5, 5.41) is 3.71. The van der Waals surface area contributed by atoms with Crippen molar-refractivity contribution in [3.8, 4) is 0 Å². The van der Waals surface area contributed by atoms with Gasteiger partial charge in [0.05, 0.1) is 10.6 Å². The van der Waals surface area contributed by atoms with E-state index in [9.17, 15) is 18.0 Å². The summed E-state index contributed by atoms with van der Waals surface area (Å²) in [4.78, 5) is 30.5. The summed E-state index contributed by atoms with van der Waals surface area (Å²) in [5.41, 5.74) is 4.60. The highest BCUT2D eigenvalue weighted by Gasteiger charge is 2.36. The smallest absolute Gasteiger partial charge is 0.264 e. The number of rotatable bonds is 12. The lowest BCUT2D eigenvalue weighted by molar-refractivity contribution is -0.140. The minimum Gasteiger partial charge on any atom is -0.352 e. The molecule has 1 N–H and O–H groups in total. The summed E-state index contributed by atoms with van der Waals surface area (Å²) in [6, 6.07) is 27.9. The van der Waals surface area contributed by atoms with Crippen molar-refractivity contribution in [2.45, 2.75) is 76.4 Å². The second kappa shape index (κ2) is 15.2. The van der Waals surface area contributed by atoms with Crippen LogP contribution in [-0.2, 0) is 32.6 Å². The van der Waals surface area contributed by atoms with Crippen molar-refractivity contribution >= 4 is 39.1 Å². The van der Waals surface area contributed by atoms with E-state index in [-0.39, 0.29) is 29.8 Å². The van der Waals surface area contributed by atoms with E-state index < -0.39 is 28.5 Å². The number of hydrogen-bond donors (Lipinski definition) is 1. The number of aryl methyl sites for hydroxylation is 2. The van der Waals surface area contributed by atoms with E-state index in [0.717, 1.165) is 53.5 Å². The fraction of sp³-hybridized carbons (Fsp3) is 0.316. The Bertz CT molecular complexity index is 1810. The lowest BCUT2D eigenvalue weighted by Crippen LogP contribution is -2.54. The number of anilines is 1. The van der Waals surface area contributed by atoms with Gasteiger partial charge in [0.15, 0.2) is 0 Å². The van der Waals surface area contributed by atoms with Crippen molar-refractivity contribution in [2.24, 2.45) is 0 Å². The Morgan fingerprint density at radius 1 is 0.851 bits per heavy atom. The van der Waals surface area contributed by atoms with Gasteiger partial charge in [0, 0.05) is 24.0 Å². The topological polar surface area (TPSA) is 86.8 Å². The monoisotopic (exact) mass is 671 g/mol. The number of halogens is 1. The average molecular weight is 672 g/mol. The standard InChI is InChI=1S/C38H42ClN3O4S/c1-27-19-21-34(22-20-27)47(45,46)42(35-18-9-11-28(2)29(35)3)26-37(43)41(25-31-14-10-15-32(39)23-31)36(24-30-12-5-4-6-13-30)38(44)40-33-16-7-8-17-33/h4-6,9-15,18-23,33,36H,7-8,16-17,24-26H2,1-3H3,(H,40,44)/t36-/m0/s1. The molecule has 246 valence electrons. The van der Waals surface area contributed by atoms with Gasteiger partial charge >= 0.3 is 0 Å². The predicted octanol–water partition coefficient (Wildman–Crippen LogP) is 7.16. The van der Waals surface area contributed by atoms with Crippen LogP contribution >= 0.6 is 11.6 Å². The van der Waals surface area contributed by atoms with Gasteiger partial charge in [0.2, 0.25) is 11.8 Å². The third-order valence-electron chi connectivity index (χ3n) is 8.95. The third kappa shape index (κ3) is 8.42. The molecule has 1 fully saturated rings. The molecule has 4 aromatic carbocycles. The second-order valence-electron chi connectivity index (χ2n) is 12.4. The Morgan fingerprint density at radius 2 is 1.51 bits per heavy atom. The first kappa shape index (κ1) is 34.2. The molecule has 47 heavy (non-hydrogen) atoms. The van der Waals surface area contributed by atoms with Gasteiger partial charge in [-0.3, -0.25) is 13.9 Å². The van der Waals surface area contributed by atoms with Crippen LogP contribution in [0.5, 0.6) is 0 Å². The number of carbonyl (C=O) groups is 2. The van der Waals surface area contributed by atoms with Crippen LogP contribution < -0.4 is 9.62 Å². The number of nitrogens with one attached hydrogen (secondary N) is 1. The maximum atomic E-state index is 14.7. The molecular weight excluding hydrogens is 630 g/mol. The van der Waals surface area contributed by atoms with Crippen molar-refractivity contribution in [1.29, 1.82) is 0 Å². The van der Waals surface area contributed by atoms with Crippen LogP contribution in [0.4, 0.5) is 5.69 Å². The van der Waals surface area contributed by atoms with Crippen molar-refractivity contribution in [1.82, 2.24) is 10.2 Å². The van der Waals surface area contributed by atoms with Gasteiger partial charge in [0.1, 0.15) is 12.6 Å². The van der Waals surface area contributed by atoms with E-state index in [1.807, 2.05) is 63.2 Å². The second-order valence-corrected chi connectivity index (χ2v) is 14.7. The average Bonchev–Trinajstić information content (AvgIpc) is 3.56. The molecule has 0 saturated heterocycles. The zero-order chi connectivity index (χ0) is 33.6. The normalized spacial score (nSPS) is 14.0. The summed E-state index contributed by atoms with van der Waals surface area (Å²) in [7, 11) is -4.18. The quantitative estimate of drug-likeness (QED) is 0.173. The molecule has 1 saturated carbocycles. The molecule has 0 heterocycles. The zero-order valence-corrected chi connectivity index (χ0v) is 28.7. The van der Waals surface area contributed by atoms with Gasteiger partial charge in [0.25, 0.3) is 10.0 Å². The van der Waals surface area contributed by atoms with E-state index in [1.165, 1.54) is 9.21 Å². The van der Waals surface area contributed by atoms with Gasteiger partial charge < -0.3 is 10.2 Å². The van der Waals surface area contributed by atoms with Crippen LogP contribution in [0.1, 0.15) is 53.5 Å². The van der Waals surface area contributed by atoms with E-state index in [1.54, 1.807) is 54.6 Å². The number of benzene rings is 4. The van der Waals surface area contributed by atoms with E-state index in [4.69, 9.17) is 11.6 Å². The molecule has 0 radical (unpaired) electrons. The molecule has 0 bridgehead atoms. The molecule has 4 aromatic rings. The van der Waals surface area contributed by atoms with Crippen LogP contribution in [-0.4, -0.2) is 43.8 Å². The van der Waals surface area contributed by atoms with Crippen LogP contribution in [0.3, 0.4) is 0 Å². The minimum atomic E-state index is -4.18. The molecule has 9 heteroatoms. The van der Waals surface area contributed by atoms with Crippen molar-refractivity contribution < 1.29 is 18.0 Å². The highest BCUT2D eigenvalue weighted by atomic mass is 35.5. The minimum absolute atomic E-state index is 0.0391. The first-order chi connectivity index (χ1) is 22.5. The molecule has 0 aromatic heterocycles. The van der Waals surface area contributed by atoms with Crippen molar-refractivity contribution in [2.75, 3.05) is 10.8 Å². The predicted molar refractivity (Wildman–Crippen MR) is 188 cm³/mol. The Hall–Kier alpha value is -4.14. The highest BCUT2D eigenvalue weighted by molar-refractivity contribution is 7.92. The van der Waals surface area contributed by atoms with Gasteiger partial charge in [-0.1, -0.05) is 96.7 Å². The number of amides is 2. The van der Waals surface area contributed by atoms with Gasteiger partial charge in [-0.15, -0.1) is 0 Å². The maximum absolute atomic E-state index is 14.7. The zero-order valence-electron chi connectivity index (χ0n) is 27.2. The summed E-state index contributed by atoms with van der Waals surface area (Å²) >= 11 is 6.36. The lowest BCUT2D eigenvalue weighted by atomic mass is 10.0. The Balaban J connectivity index is 1.59. The van der Waals surface area contributed by atoms with Crippen molar-refractivity contribution in [3.05, 3.63) is 130 Å². The van der Waals surface area contributed by atoms with Crippen molar-refractivity contribution in [3.63, 3.8) is 0 Å². The highest BCUT2D eigenvalue weighted by Crippen LogP contribution is 2.30. The SMILES string of the molecule is Cc1ccc(S(=O)(=O)N(CC(=O)N(Cc2cccc(Cl)c2)[C@@H](Cc2ccccc2)C(=O)NC2CCCC2)c2cccc(C)c2C)cc1. The van der Waals surface area contributed by atoms with E-state index in [0.29, 0.717) is 10.7 Å². The van der Waals surface area contributed by atoms with Crippen LogP contribution in [0, 0.1) is 20.8 Å². The van der Waals surface area contributed by atoms with Crippen LogP contribution in [0.25, 0.3) is 0 Å². The molecular formula is C38H42ClN3O4S. The first-order valence-electron chi connectivity index (χ1n) is 16.1. The fourth-order valence-corrected chi connectivity index (χ4v) is 7.79. The largest absolute Gasteiger partial charge is 0.352 e.